The molecule has 2 rings (SSSR count). The van der Waals surface area contributed by atoms with Crippen LogP contribution >= 0.6 is 0 Å². The molecule has 0 aliphatic heterocycles. The second kappa shape index (κ2) is 5.03. The highest BCUT2D eigenvalue weighted by atomic mass is 32.2. The number of nitrogens with two attached hydrogens (primary N) is 1. The summed E-state index contributed by atoms with van der Waals surface area (Å²) in [6.07, 6.45) is 3.98. The summed E-state index contributed by atoms with van der Waals surface area (Å²) in [5.41, 5.74) is 6.59. The van der Waals surface area contributed by atoms with E-state index in [1.54, 1.807) is 12.3 Å². The summed E-state index contributed by atoms with van der Waals surface area (Å²) in [6, 6.07) is 2.16. The Labute approximate surface area is 109 Å². The van der Waals surface area contributed by atoms with E-state index in [1.807, 2.05) is 18.4 Å². The van der Waals surface area contributed by atoms with Crippen LogP contribution in [0.3, 0.4) is 0 Å². The summed E-state index contributed by atoms with van der Waals surface area (Å²) in [4.78, 5) is 0.374. The topological polar surface area (TPSA) is 68.3 Å². The molecule has 1 aliphatic carbocycles. The predicted octanol–water partition coefficient (Wildman–Crippen LogP) is 1.31. The van der Waals surface area contributed by atoms with Gasteiger partial charge in [-0.25, -0.2) is 8.42 Å². The fraction of sp³-hybridized carbons (Fsp3) is 0.667. The SMILES string of the molecule is CCN(CC)S(=O)(=O)c1cc(CN)n(C2CC2)c1. The van der Waals surface area contributed by atoms with Crippen LogP contribution < -0.4 is 5.73 Å². The van der Waals surface area contributed by atoms with Gasteiger partial charge < -0.3 is 10.3 Å². The summed E-state index contributed by atoms with van der Waals surface area (Å²) in [5.74, 6) is 0. The van der Waals surface area contributed by atoms with Crippen LogP contribution in [0.2, 0.25) is 0 Å². The minimum atomic E-state index is -3.36. The fourth-order valence-electron chi connectivity index (χ4n) is 2.21. The standard InChI is InChI=1S/C12H21N3O2S/c1-3-14(4-2)18(16,17)12-7-11(8-13)15(9-12)10-5-6-10/h7,9-10H,3-6,8,13H2,1-2H3. The fourth-order valence-corrected chi connectivity index (χ4v) is 3.72. The van der Waals surface area contributed by atoms with Gasteiger partial charge in [-0.3, -0.25) is 0 Å². The lowest BCUT2D eigenvalue weighted by molar-refractivity contribution is 0.445. The number of aromatic nitrogens is 1. The molecule has 6 heteroatoms. The molecule has 0 bridgehead atoms. The van der Waals surface area contributed by atoms with Crippen LogP contribution in [-0.4, -0.2) is 30.4 Å². The van der Waals surface area contributed by atoms with Gasteiger partial charge in [-0.15, -0.1) is 0 Å². The number of nitrogens with zero attached hydrogens (tertiary/aromatic N) is 2. The summed E-state index contributed by atoms with van der Waals surface area (Å²) < 4.78 is 28.3. The van der Waals surface area contributed by atoms with Crippen LogP contribution in [0, 0.1) is 0 Å². The van der Waals surface area contributed by atoms with E-state index in [2.05, 4.69) is 0 Å². The Morgan fingerprint density at radius 1 is 1.39 bits per heavy atom. The Bertz CT molecular complexity index is 513. The van der Waals surface area contributed by atoms with Gasteiger partial charge >= 0.3 is 0 Å². The van der Waals surface area contributed by atoms with Crippen molar-refractivity contribution in [3.63, 3.8) is 0 Å². The molecule has 1 heterocycles. The zero-order valence-corrected chi connectivity index (χ0v) is 11.8. The Hall–Kier alpha value is -0.850. The zero-order chi connectivity index (χ0) is 13.3. The Morgan fingerprint density at radius 2 is 2.00 bits per heavy atom. The summed E-state index contributed by atoms with van der Waals surface area (Å²) in [7, 11) is -3.36. The molecule has 2 N–H and O–H groups in total. The van der Waals surface area contributed by atoms with Crippen LogP contribution in [0.15, 0.2) is 17.2 Å². The van der Waals surface area contributed by atoms with Gasteiger partial charge in [0, 0.05) is 37.6 Å². The smallest absolute Gasteiger partial charge is 0.244 e. The summed E-state index contributed by atoms with van der Waals surface area (Å²) in [5, 5.41) is 0. The first-order valence-electron chi connectivity index (χ1n) is 6.45. The largest absolute Gasteiger partial charge is 0.346 e. The maximum Gasteiger partial charge on any atom is 0.244 e. The average Bonchev–Trinajstić information content (AvgIpc) is 3.09. The molecule has 0 saturated heterocycles. The van der Waals surface area contributed by atoms with Crippen molar-refractivity contribution in [1.29, 1.82) is 0 Å². The lowest BCUT2D eigenvalue weighted by atomic mass is 10.4. The number of rotatable bonds is 6. The van der Waals surface area contributed by atoms with Crippen molar-refractivity contribution < 1.29 is 8.42 Å². The first-order chi connectivity index (χ1) is 8.54. The number of sulfonamides is 1. The highest BCUT2D eigenvalue weighted by Gasteiger charge is 2.29. The second-order valence-corrected chi connectivity index (χ2v) is 6.54. The van der Waals surface area contributed by atoms with E-state index in [-0.39, 0.29) is 0 Å². The maximum atomic E-state index is 12.4. The zero-order valence-electron chi connectivity index (χ0n) is 11.0. The third-order valence-corrected chi connectivity index (χ3v) is 5.41. The van der Waals surface area contributed by atoms with Crippen molar-refractivity contribution in [2.24, 2.45) is 5.73 Å². The summed E-state index contributed by atoms with van der Waals surface area (Å²) >= 11 is 0. The molecular weight excluding hydrogens is 250 g/mol. The molecule has 1 saturated carbocycles. The minimum absolute atomic E-state index is 0.374. The van der Waals surface area contributed by atoms with E-state index in [0.29, 0.717) is 30.6 Å². The number of hydrogen-bond donors (Lipinski definition) is 1. The van der Waals surface area contributed by atoms with Gasteiger partial charge in [0.2, 0.25) is 10.0 Å². The average molecular weight is 271 g/mol. The van der Waals surface area contributed by atoms with Crippen molar-refractivity contribution in [1.82, 2.24) is 8.87 Å². The lowest BCUT2D eigenvalue weighted by Crippen LogP contribution is -2.30. The van der Waals surface area contributed by atoms with Crippen molar-refractivity contribution >= 4 is 10.0 Å². The van der Waals surface area contributed by atoms with E-state index in [9.17, 15) is 8.42 Å². The van der Waals surface area contributed by atoms with Crippen LogP contribution in [0.4, 0.5) is 0 Å². The Balaban J connectivity index is 2.38. The minimum Gasteiger partial charge on any atom is -0.346 e. The van der Waals surface area contributed by atoms with Crippen LogP contribution in [0.25, 0.3) is 0 Å². The van der Waals surface area contributed by atoms with E-state index in [0.717, 1.165) is 18.5 Å². The molecule has 1 fully saturated rings. The predicted molar refractivity (Wildman–Crippen MR) is 70.7 cm³/mol. The van der Waals surface area contributed by atoms with Crippen molar-refractivity contribution in [2.75, 3.05) is 13.1 Å². The normalized spacial score (nSPS) is 16.4. The molecule has 0 atom stereocenters. The molecule has 1 aromatic heterocycles. The summed E-state index contributed by atoms with van der Waals surface area (Å²) in [6.45, 7) is 5.06. The van der Waals surface area contributed by atoms with Crippen molar-refractivity contribution in [2.45, 2.75) is 44.2 Å². The van der Waals surface area contributed by atoms with E-state index in [1.165, 1.54) is 4.31 Å². The third-order valence-electron chi connectivity index (χ3n) is 3.40. The second-order valence-electron chi connectivity index (χ2n) is 4.60. The molecule has 102 valence electrons. The quantitative estimate of drug-likeness (QED) is 0.848. The molecular formula is C12H21N3O2S. The van der Waals surface area contributed by atoms with Crippen LogP contribution in [0.1, 0.15) is 38.4 Å². The van der Waals surface area contributed by atoms with E-state index in [4.69, 9.17) is 5.73 Å². The molecule has 18 heavy (non-hydrogen) atoms. The molecule has 0 spiro atoms. The Kier molecular flexibility index (Phi) is 3.79. The number of hydrogen-bond acceptors (Lipinski definition) is 3. The maximum absolute atomic E-state index is 12.4. The van der Waals surface area contributed by atoms with Crippen molar-refractivity contribution in [3.8, 4) is 0 Å². The third kappa shape index (κ3) is 2.32. The lowest BCUT2D eigenvalue weighted by Gasteiger charge is -2.17. The Morgan fingerprint density at radius 3 is 2.44 bits per heavy atom. The van der Waals surface area contributed by atoms with Gasteiger partial charge in [0.15, 0.2) is 0 Å². The van der Waals surface area contributed by atoms with Gasteiger partial charge in [-0.1, -0.05) is 13.8 Å². The van der Waals surface area contributed by atoms with Gasteiger partial charge in [-0.2, -0.15) is 4.31 Å². The van der Waals surface area contributed by atoms with E-state index >= 15 is 0 Å². The first kappa shape index (κ1) is 13.6. The van der Waals surface area contributed by atoms with Gasteiger partial charge in [-0.05, 0) is 18.9 Å². The molecule has 1 aromatic rings. The molecule has 5 nitrogen and oxygen atoms in total. The van der Waals surface area contributed by atoms with Crippen molar-refractivity contribution in [3.05, 3.63) is 18.0 Å². The first-order valence-corrected chi connectivity index (χ1v) is 7.89. The van der Waals surface area contributed by atoms with Crippen LogP contribution in [0.5, 0.6) is 0 Å². The van der Waals surface area contributed by atoms with Gasteiger partial charge in [0.25, 0.3) is 0 Å². The molecule has 0 radical (unpaired) electrons. The molecule has 0 unspecified atom stereocenters. The highest BCUT2D eigenvalue weighted by molar-refractivity contribution is 7.89. The van der Waals surface area contributed by atoms with Gasteiger partial charge in [0.05, 0.1) is 0 Å². The highest BCUT2D eigenvalue weighted by Crippen LogP contribution is 2.37. The molecule has 0 amide bonds. The van der Waals surface area contributed by atoms with E-state index < -0.39 is 10.0 Å². The monoisotopic (exact) mass is 271 g/mol. The molecule has 0 aromatic carbocycles. The molecule has 1 aliphatic rings. The van der Waals surface area contributed by atoms with Crippen LogP contribution in [-0.2, 0) is 16.6 Å². The van der Waals surface area contributed by atoms with Gasteiger partial charge in [0.1, 0.15) is 4.90 Å².